The summed E-state index contributed by atoms with van der Waals surface area (Å²) in [6.07, 6.45) is 1.62. The minimum absolute atomic E-state index is 0.00929. The molecule has 0 radical (unpaired) electrons. The van der Waals surface area contributed by atoms with Gasteiger partial charge in [0.05, 0.1) is 5.01 Å². The third kappa shape index (κ3) is 5.17. The molecule has 1 aliphatic heterocycles. The third-order valence-corrected chi connectivity index (χ3v) is 7.37. The van der Waals surface area contributed by atoms with Crippen LogP contribution in [0.4, 0.5) is 5.69 Å². The maximum atomic E-state index is 12.7. The molecule has 180 valence electrons. The zero-order valence-corrected chi connectivity index (χ0v) is 20.4. The molecule has 2 aromatic carbocycles. The maximum Gasteiger partial charge on any atom is 0.275 e. The Hall–Kier alpha value is -3.79. The number of rotatable bonds is 6. The third-order valence-electron chi connectivity index (χ3n) is 6.37. The summed E-state index contributed by atoms with van der Waals surface area (Å²) >= 11 is 1.49. The van der Waals surface area contributed by atoms with Gasteiger partial charge in [-0.3, -0.25) is 9.59 Å². The highest BCUT2D eigenvalue weighted by molar-refractivity contribution is 7.10. The molecule has 3 heterocycles. The van der Waals surface area contributed by atoms with Crippen molar-refractivity contribution in [3.63, 3.8) is 0 Å². The number of anilines is 1. The van der Waals surface area contributed by atoms with Gasteiger partial charge in [-0.2, -0.15) is 15.4 Å². The van der Waals surface area contributed by atoms with Crippen LogP contribution in [0.5, 0.6) is 5.75 Å². The van der Waals surface area contributed by atoms with Crippen LogP contribution in [0, 0.1) is 13.8 Å². The van der Waals surface area contributed by atoms with Gasteiger partial charge < -0.3 is 15.0 Å². The molecule has 2 N–H and O–H groups in total. The molecule has 0 saturated carbocycles. The van der Waals surface area contributed by atoms with Gasteiger partial charge in [0, 0.05) is 30.1 Å². The van der Waals surface area contributed by atoms with Gasteiger partial charge in [-0.15, -0.1) is 11.3 Å². The molecule has 0 unspecified atom stereocenters. The number of ether oxygens (including phenoxy) is 1. The van der Waals surface area contributed by atoms with E-state index in [-0.39, 0.29) is 24.3 Å². The van der Waals surface area contributed by atoms with E-state index in [9.17, 15) is 9.59 Å². The Balaban J connectivity index is 1.12. The van der Waals surface area contributed by atoms with E-state index < -0.39 is 0 Å². The Bertz CT molecular complexity index is 1370. The summed E-state index contributed by atoms with van der Waals surface area (Å²) in [5, 5.41) is 16.2. The number of nitrogens with one attached hydrogen (secondary N) is 2. The van der Waals surface area contributed by atoms with Crippen molar-refractivity contribution < 1.29 is 14.3 Å². The number of benzene rings is 2. The number of aromatic nitrogens is 4. The average molecular weight is 491 g/mol. The standard InChI is InChI=1S/C25H26N6O3S/c1-15-3-5-19(11-16(15)2)34-13-23(32)31-9-7-17(8-10-31)25-27-22(14-35-25)24(33)26-18-4-6-20-21(12-18)29-30-28-20/h3-6,11-12,14,17H,7-10,13H2,1-2H3,(H,26,33)(H,28,29,30). The number of hydrogen-bond acceptors (Lipinski definition) is 7. The highest BCUT2D eigenvalue weighted by Gasteiger charge is 2.26. The maximum absolute atomic E-state index is 12.7. The van der Waals surface area contributed by atoms with E-state index in [0.717, 1.165) is 28.9 Å². The molecule has 10 heteroatoms. The second-order valence-electron chi connectivity index (χ2n) is 8.74. The van der Waals surface area contributed by atoms with Crippen LogP contribution < -0.4 is 10.1 Å². The number of carbonyl (C=O) groups excluding carboxylic acids is 2. The molecule has 9 nitrogen and oxygen atoms in total. The molecule has 2 amide bonds. The van der Waals surface area contributed by atoms with Crippen molar-refractivity contribution in [2.24, 2.45) is 0 Å². The number of piperidine rings is 1. The number of carbonyl (C=O) groups is 2. The quantitative estimate of drug-likeness (QED) is 0.421. The molecule has 0 bridgehead atoms. The summed E-state index contributed by atoms with van der Waals surface area (Å²) in [4.78, 5) is 31.7. The molecule has 1 fully saturated rings. The zero-order valence-electron chi connectivity index (χ0n) is 19.6. The molecule has 0 atom stereocenters. The summed E-state index contributed by atoms with van der Waals surface area (Å²) < 4.78 is 5.71. The van der Waals surface area contributed by atoms with E-state index in [4.69, 9.17) is 4.74 Å². The summed E-state index contributed by atoms with van der Waals surface area (Å²) in [7, 11) is 0. The Kier molecular flexibility index (Phi) is 6.45. The van der Waals surface area contributed by atoms with Gasteiger partial charge in [-0.1, -0.05) is 6.07 Å². The number of aromatic amines is 1. The van der Waals surface area contributed by atoms with E-state index >= 15 is 0 Å². The van der Waals surface area contributed by atoms with E-state index in [1.165, 1.54) is 16.9 Å². The minimum atomic E-state index is -0.258. The second kappa shape index (κ2) is 9.83. The first-order valence-corrected chi connectivity index (χ1v) is 12.4. The lowest BCUT2D eigenvalue weighted by molar-refractivity contribution is -0.134. The second-order valence-corrected chi connectivity index (χ2v) is 9.63. The molecule has 1 aliphatic rings. The van der Waals surface area contributed by atoms with Crippen molar-refractivity contribution in [3.05, 3.63) is 63.6 Å². The normalized spacial score (nSPS) is 14.3. The number of likely N-dealkylation sites (tertiary alicyclic amines) is 1. The number of thiazole rings is 1. The van der Waals surface area contributed by atoms with Gasteiger partial charge in [-0.25, -0.2) is 4.98 Å². The van der Waals surface area contributed by atoms with Gasteiger partial charge in [0.15, 0.2) is 6.61 Å². The first kappa shape index (κ1) is 23.0. The van der Waals surface area contributed by atoms with Gasteiger partial charge in [0.25, 0.3) is 11.8 Å². The van der Waals surface area contributed by atoms with Crippen LogP contribution in [-0.2, 0) is 4.79 Å². The Labute approximate surface area is 206 Å². The SMILES string of the molecule is Cc1ccc(OCC(=O)N2CCC(c3nc(C(=O)Nc4ccc5n[nH]nc5c4)cs3)CC2)cc1C. The first-order chi connectivity index (χ1) is 17.0. The van der Waals surface area contributed by atoms with Crippen molar-refractivity contribution in [2.75, 3.05) is 25.0 Å². The van der Waals surface area contributed by atoms with E-state index in [1.54, 1.807) is 23.6 Å². The number of H-pyrrole nitrogens is 1. The highest BCUT2D eigenvalue weighted by atomic mass is 32.1. The lowest BCUT2D eigenvalue weighted by Crippen LogP contribution is -2.40. The molecule has 5 rings (SSSR count). The fourth-order valence-corrected chi connectivity index (χ4v) is 5.08. The fourth-order valence-electron chi connectivity index (χ4n) is 4.11. The lowest BCUT2D eigenvalue weighted by Gasteiger charge is -2.31. The topological polar surface area (TPSA) is 113 Å². The van der Waals surface area contributed by atoms with E-state index in [0.29, 0.717) is 35.7 Å². The van der Waals surface area contributed by atoms with Crippen molar-refractivity contribution in [1.29, 1.82) is 0 Å². The summed E-state index contributed by atoms with van der Waals surface area (Å²) in [6.45, 7) is 5.41. The van der Waals surface area contributed by atoms with Gasteiger partial charge in [-0.05, 0) is 68.1 Å². The summed E-state index contributed by atoms with van der Waals surface area (Å²) in [5.41, 5.74) is 4.79. The molecule has 0 aliphatic carbocycles. The van der Waals surface area contributed by atoms with Crippen molar-refractivity contribution in [3.8, 4) is 5.75 Å². The molecular weight excluding hydrogens is 464 g/mol. The Morgan fingerprint density at radius 2 is 1.89 bits per heavy atom. The number of aryl methyl sites for hydroxylation is 2. The highest BCUT2D eigenvalue weighted by Crippen LogP contribution is 2.30. The molecule has 0 spiro atoms. The van der Waals surface area contributed by atoms with E-state index in [1.807, 2.05) is 36.9 Å². The van der Waals surface area contributed by atoms with Crippen molar-refractivity contribution in [1.82, 2.24) is 25.3 Å². The van der Waals surface area contributed by atoms with Crippen LogP contribution >= 0.6 is 11.3 Å². The van der Waals surface area contributed by atoms with Crippen molar-refractivity contribution >= 4 is 39.9 Å². The average Bonchev–Trinajstić information content (AvgIpc) is 3.54. The van der Waals surface area contributed by atoms with Gasteiger partial charge in [0.2, 0.25) is 0 Å². The number of hydrogen-bond donors (Lipinski definition) is 2. The van der Waals surface area contributed by atoms with Crippen LogP contribution in [0.15, 0.2) is 41.8 Å². The monoisotopic (exact) mass is 490 g/mol. The molecule has 2 aromatic heterocycles. The van der Waals surface area contributed by atoms with Crippen LogP contribution in [0.25, 0.3) is 11.0 Å². The predicted octanol–water partition coefficient (Wildman–Crippen LogP) is 4.07. The van der Waals surface area contributed by atoms with Crippen LogP contribution in [0.1, 0.15) is 45.4 Å². The largest absolute Gasteiger partial charge is 0.484 e. The molecule has 35 heavy (non-hydrogen) atoms. The van der Waals surface area contributed by atoms with Crippen LogP contribution in [-0.4, -0.2) is 56.8 Å². The Morgan fingerprint density at radius 1 is 1.09 bits per heavy atom. The predicted molar refractivity (Wildman–Crippen MR) is 134 cm³/mol. The van der Waals surface area contributed by atoms with Gasteiger partial charge in [0.1, 0.15) is 22.5 Å². The number of amides is 2. The van der Waals surface area contributed by atoms with Crippen molar-refractivity contribution in [2.45, 2.75) is 32.6 Å². The molecule has 4 aromatic rings. The van der Waals surface area contributed by atoms with E-state index in [2.05, 4.69) is 25.7 Å². The molecular formula is C25H26N6O3S. The van der Waals surface area contributed by atoms with Crippen LogP contribution in [0.3, 0.4) is 0 Å². The smallest absolute Gasteiger partial charge is 0.275 e. The van der Waals surface area contributed by atoms with Gasteiger partial charge >= 0.3 is 0 Å². The fraction of sp³-hybridized carbons (Fsp3) is 0.320. The summed E-state index contributed by atoms with van der Waals surface area (Å²) in [6, 6.07) is 11.2. The first-order valence-electron chi connectivity index (χ1n) is 11.5. The summed E-state index contributed by atoms with van der Waals surface area (Å²) in [5.74, 6) is 0.681. The lowest BCUT2D eigenvalue weighted by atomic mass is 9.97. The van der Waals surface area contributed by atoms with Crippen LogP contribution in [0.2, 0.25) is 0 Å². The molecule has 1 saturated heterocycles. The number of fused-ring (bicyclic) bond motifs is 1. The minimum Gasteiger partial charge on any atom is -0.484 e. The Morgan fingerprint density at radius 3 is 2.69 bits per heavy atom. The number of nitrogens with zero attached hydrogens (tertiary/aromatic N) is 4. The zero-order chi connectivity index (χ0) is 24.4.